The topological polar surface area (TPSA) is 109 Å². The highest BCUT2D eigenvalue weighted by Crippen LogP contribution is 2.08. The smallest absolute Gasteiger partial charge is 0.326 e. The van der Waals surface area contributed by atoms with Gasteiger partial charge >= 0.3 is 5.97 Å². The second-order valence-electron chi connectivity index (χ2n) is 3.92. The van der Waals surface area contributed by atoms with E-state index in [1.54, 1.807) is 0 Å². The van der Waals surface area contributed by atoms with Crippen LogP contribution < -0.4 is 11.1 Å². The van der Waals surface area contributed by atoms with Crippen molar-refractivity contribution in [1.29, 1.82) is 0 Å². The lowest BCUT2D eigenvalue weighted by atomic mass is 10.0. The second-order valence-corrected chi connectivity index (χ2v) is 3.92. The van der Waals surface area contributed by atoms with Gasteiger partial charge in [0, 0.05) is 12.3 Å². The SMILES string of the molecule is CCC(CC)C(=O)N[C@H](CCC(N)=O)C(=O)O. The molecule has 0 heterocycles. The Labute approximate surface area is 101 Å². The second kappa shape index (κ2) is 7.65. The number of carboxylic acid groups (broad SMARTS) is 1. The molecule has 1 atom stereocenters. The first-order valence-electron chi connectivity index (χ1n) is 5.73. The molecule has 0 bridgehead atoms. The number of nitrogens with one attached hydrogen (secondary N) is 1. The van der Waals surface area contributed by atoms with E-state index in [1.165, 1.54) is 0 Å². The van der Waals surface area contributed by atoms with Crippen LogP contribution in [-0.4, -0.2) is 28.9 Å². The van der Waals surface area contributed by atoms with Crippen LogP contribution in [0.4, 0.5) is 0 Å². The minimum Gasteiger partial charge on any atom is -0.480 e. The number of rotatable bonds is 8. The molecule has 17 heavy (non-hydrogen) atoms. The molecule has 0 aliphatic carbocycles. The van der Waals surface area contributed by atoms with Crippen molar-refractivity contribution in [3.63, 3.8) is 0 Å². The Balaban J connectivity index is 4.38. The van der Waals surface area contributed by atoms with Crippen molar-refractivity contribution in [3.05, 3.63) is 0 Å². The molecular formula is C11H20N2O4. The molecule has 0 aromatic rings. The summed E-state index contributed by atoms with van der Waals surface area (Å²) in [7, 11) is 0. The largest absolute Gasteiger partial charge is 0.480 e. The third-order valence-corrected chi connectivity index (χ3v) is 2.65. The third-order valence-electron chi connectivity index (χ3n) is 2.65. The summed E-state index contributed by atoms with van der Waals surface area (Å²) in [6, 6.07) is -1.05. The fourth-order valence-electron chi connectivity index (χ4n) is 1.49. The fourth-order valence-corrected chi connectivity index (χ4v) is 1.49. The highest BCUT2D eigenvalue weighted by molar-refractivity contribution is 5.85. The minimum absolute atomic E-state index is 0.0244. The summed E-state index contributed by atoms with van der Waals surface area (Å²) in [6.07, 6.45) is 1.28. The van der Waals surface area contributed by atoms with Crippen molar-refractivity contribution in [2.45, 2.75) is 45.6 Å². The molecule has 98 valence electrons. The zero-order valence-corrected chi connectivity index (χ0v) is 10.2. The van der Waals surface area contributed by atoms with Crippen LogP contribution in [0.5, 0.6) is 0 Å². The Kier molecular flexibility index (Phi) is 6.93. The summed E-state index contributed by atoms with van der Waals surface area (Å²) in [5.74, 6) is -2.20. The summed E-state index contributed by atoms with van der Waals surface area (Å²) in [4.78, 5) is 33.1. The van der Waals surface area contributed by atoms with Crippen molar-refractivity contribution in [3.8, 4) is 0 Å². The van der Waals surface area contributed by atoms with Gasteiger partial charge in [0.25, 0.3) is 0 Å². The number of carbonyl (C=O) groups is 3. The van der Waals surface area contributed by atoms with Crippen LogP contribution in [0.1, 0.15) is 39.5 Å². The normalized spacial score (nSPS) is 12.2. The van der Waals surface area contributed by atoms with Gasteiger partial charge < -0.3 is 16.2 Å². The van der Waals surface area contributed by atoms with Gasteiger partial charge in [-0.15, -0.1) is 0 Å². The van der Waals surface area contributed by atoms with E-state index in [2.05, 4.69) is 5.32 Å². The van der Waals surface area contributed by atoms with Crippen LogP contribution in [0.25, 0.3) is 0 Å². The van der Waals surface area contributed by atoms with Crippen LogP contribution in [-0.2, 0) is 14.4 Å². The van der Waals surface area contributed by atoms with Crippen molar-refractivity contribution < 1.29 is 19.5 Å². The first kappa shape index (κ1) is 15.4. The van der Waals surface area contributed by atoms with E-state index in [0.717, 1.165) is 0 Å². The van der Waals surface area contributed by atoms with E-state index < -0.39 is 17.9 Å². The van der Waals surface area contributed by atoms with Crippen LogP contribution in [0.15, 0.2) is 0 Å². The maximum absolute atomic E-state index is 11.7. The number of hydrogen-bond donors (Lipinski definition) is 3. The van der Waals surface area contributed by atoms with E-state index in [0.29, 0.717) is 12.8 Å². The summed E-state index contributed by atoms with van der Waals surface area (Å²) in [5, 5.41) is 11.3. The molecule has 4 N–H and O–H groups in total. The zero-order valence-electron chi connectivity index (χ0n) is 10.2. The average Bonchev–Trinajstić information content (AvgIpc) is 2.25. The number of nitrogens with two attached hydrogens (primary N) is 1. The number of hydrogen-bond acceptors (Lipinski definition) is 3. The number of amides is 2. The number of carboxylic acids is 1. The summed E-state index contributed by atoms with van der Waals surface area (Å²) >= 11 is 0. The monoisotopic (exact) mass is 244 g/mol. The van der Waals surface area contributed by atoms with Crippen molar-refractivity contribution in [2.75, 3.05) is 0 Å². The predicted molar refractivity (Wildman–Crippen MR) is 62.1 cm³/mol. The fraction of sp³-hybridized carbons (Fsp3) is 0.727. The molecule has 6 nitrogen and oxygen atoms in total. The van der Waals surface area contributed by atoms with Gasteiger partial charge in [-0.3, -0.25) is 9.59 Å². The molecule has 0 aliphatic heterocycles. The van der Waals surface area contributed by atoms with Gasteiger partial charge in [-0.05, 0) is 19.3 Å². The lowest BCUT2D eigenvalue weighted by molar-refractivity contribution is -0.142. The molecule has 0 spiro atoms. The van der Waals surface area contributed by atoms with E-state index >= 15 is 0 Å². The molecular weight excluding hydrogens is 224 g/mol. The molecule has 0 radical (unpaired) electrons. The van der Waals surface area contributed by atoms with Crippen molar-refractivity contribution in [1.82, 2.24) is 5.32 Å². The predicted octanol–water partition coefficient (Wildman–Crippen LogP) is 0.258. The van der Waals surface area contributed by atoms with Gasteiger partial charge in [0.15, 0.2) is 0 Å². The quantitative estimate of drug-likeness (QED) is 0.568. The van der Waals surface area contributed by atoms with Crippen LogP contribution >= 0.6 is 0 Å². The highest BCUT2D eigenvalue weighted by atomic mass is 16.4. The van der Waals surface area contributed by atoms with Gasteiger partial charge in [0.05, 0.1) is 0 Å². The Bertz CT molecular complexity index is 287. The Morgan fingerprint density at radius 2 is 1.76 bits per heavy atom. The van der Waals surface area contributed by atoms with Gasteiger partial charge in [-0.25, -0.2) is 4.79 Å². The van der Waals surface area contributed by atoms with Crippen LogP contribution in [0.3, 0.4) is 0 Å². The minimum atomic E-state index is -1.15. The van der Waals surface area contributed by atoms with E-state index in [9.17, 15) is 14.4 Å². The van der Waals surface area contributed by atoms with Gasteiger partial charge in [0.1, 0.15) is 6.04 Å². The summed E-state index contributed by atoms with van der Waals surface area (Å²) in [6.45, 7) is 3.74. The van der Waals surface area contributed by atoms with Crippen molar-refractivity contribution >= 4 is 17.8 Å². The summed E-state index contributed by atoms with van der Waals surface area (Å²) in [5.41, 5.74) is 4.94. The van der Waals surface area contributed by atoms with E-state index in [1.807, 2.05) is 13.8 Å². The van der Waals surface area contributed by atoms with E-state index in [4.69, 9.17) is 10.8 Å². The van der Waals surface area contributed by atoms with Crippen molar-refractivity contribution in [2.24, 2.45) is 11.7 Å². The third kappa shape index (κ3) is 5.89. The lowest BCUT2D eigenvalue weighted by Crippen LogP contribution is -2.43. The molecule has 0 saturated heterocycles. The lowest BCUT2D eigenvalue weighted by Gasteiger charge is -2.17. The molecule has 0 fully saturated rings. The number of carbonyl (C=O) groups excluding carboxylic acids is 2. The zero-order chi connectivity index (χ0) is 13.4. The first-order chi connectivity index (χ1) is 7.92. The molecule has 0 rings (SSSR count). The standard InChI is InChI=1S/C11H20N2O4/c1-3-7(4-2)10(15)13-8(11(16)17)5-6-9(12)14/h7-8H,3-6H2,1-2H3,(H2,12,14)(H,13,15)(H,16,17)/t8-/m1/s1. The summed E-state index contributed by atoms with van der Waals surface area (Å²) < 4.78 is 0. The average molecular weight is 244 g/mol. The maximum atomic E-state index is 11.7. The van der Waals surface area contributed by atoms with Crippen LogP contribution in [0.2, 0.25) is 0 Å². The Hall–Kier alpha value is -1.59. The first-order valence-corrected chi connectivity index (χ1v) is 5.73. The Morgan fingerprint density at radius 1 is 1.24 bits per heavy atom. The van der Waals surface area contributed by atoms with Gasteiger partial charge in [-0.1, -0.05) is 13.8 Å². The maximum Gasteiger partial charge on any atom is 0.326 e. The van der Waals surface area contributed by atoms with E-state index in [-0.39, 0.29) is 24.7 Å². The highest BCUT2D eigenvalue weighted by Gasteiger charge is 2.23. The number of aliphatic carboxylic acids is 1. The molecule has 0 unspecified atom stereocenters. The number of primary amides is 1. The Morgan fingerprint density at radius 3 is 2.12 bits per heavy atom. The molecule has 2 amide bonds. The van der Waals surface area contributed by atoms with Gasteiger partial charge in [-0.2, -0.15) is 0 Å². The molecule has 0 aromatic carbocycles. The molecule has 6 heteroatoms. The molecule has 0 saturated carbocycles. The molecule has 0 aliphatic rings. The van der Waals surface area contributed by atoms with Crippen LogP contribution in [0, 0.1) is 5.92 Å². The van der Waals surface area contributed by atoms with Gasteiger partial charge in [0.2, 0.25) is 11.8 Å². The molecule has 0 aromatic heterocycles.